The largest absolute Gasteiger partial charge is 0.349 e. The topological polar surface area (TPSA) is 42.0 Å². The van der Waals surface area contributed by atoms with Crippen LogP contribution in [0, 0.1) is 23.2 Å². The summed E-state index contributed by atoms with van der Waals surface area (Å²) in [6.45, 7) is 2.22. The molecule has 1 N–H and O–H groups in total. The molecule has 0 aliphatic heterocycles. The maximum atomic E-state index is 12.5. The van der Waals surface area contributed by atoms with Crippen LogP contribution in [0.15, 0.2) is 22.9 Å². The lowest BCUT2D eigenvalue weighted by Gasteiger charge is -2.59. The second kappa shape index (κ2) is 5.33. The van der Waals surface area contributed by atoms with Crippen LogP contribution in [0.5, 0.6) is 0 Å². The Labute approximate surface area is 140 Å². The van der Waals surface area contributed by atoms with E-state index < -0.39 is 0 Å². The van der Waals surface area contributed by atoms with Crippen LogP contribution in [0.3, 0.4) is 0 Å². The van der Waals surface area contributed by atoms with E-state index in [0.29, 0.717) is 11.0 Å². The summed E-state index contributed by atoms with van der Waals surface area (Å²) in [6, 6.07) is 2.10. The number of rotatable bonds is 3. The van der Waals surface area contributed by atoms with Gasteiger partial charge in [0, 0.05) is 22.9 Å². The van der Waals surface area contributed by atoms with Crippen LogP contribution in [0.1, 0.15) is 55.8 Å². The SMILES string of the molecule is CC(NC(=O)c1cncc(Br)c1)C12CC3CC(CC(C3)C1)C2. The Morgan fingerprint density at radius 1 is 1.23 bits per heavy atom. The minimum atomic E-state index is 0.0112. The molecule has 1 amide bonds. The lowest BCUT2D eigenvalue weighted by atomic mass is 9.48. The minimum Gasteiger partial charge on any atom is -0.349 e. The zero-order chi connectivity index (χ0) is 15.3. The van der Waals surface area contributed by atoms with Crippen molar-refractivity contribution in [2.24, 2.45) is 23.2 Å². The van der Waals surface area contributed by atoms with Crippen LogP contribution in [-0.2, 0) is 0 Å². The van der Waals surface area contributed by atoms with Crippen molar-refractivity contribution in [3.63, 3.8) is 0 Å². The molecule has 4 fully saturated rings. The van der Waals surface area contributed by atoms with E-state index in [1.165, 1.54) is 38.5 Å². The molecular formula is C18H23BrN2O. The lowest BCUT2D eigenvalue weighted by Crippen LogP contribution is -2.55. The van der Waals surface area contributed by atoms with Crippen LogP contribution < -0.4 is 5.32 Å². The molecule has 0 radical (unpaired) electrons. The molecule has 4 bridgehead atoms. The zero-order valence-corrected chi connectivity index (χ0v) is 14.6. The first-order valence-corrected chi connectivity index (χ1v) is 9.25. The third-order valence-electron chi connectivity index (χ3n) is 6.32. The zero-order valence-electron chi connectivity index (χ0n) is 13.0. The monoisotopic (exact) mass is 362 g/mol. The van der Waals surface area contributed by atoms with Gasteiger partial charge in [-0.15, -0.1) is 0 Å². The quantitative estimate of drug-likeness (QED) is 0.876. The Morgan fingerprint density at radius 2 is 1.82 bits per heavy atom. The van der Waals surface area contributed by atoms with E-state index in [0.717, 1.165) is 22.2 Å². The molecule has 1 aromatic rings. The Balaban J connectivity index is 1.50. The van der Waals surface area contributed by atoms with Crippen LogP contribution in [0.25, 0.3) is 0 Å². The summed E-state index contributed by atoms with van der Waals surface area (Å²) in [5, 5.41) is 3.28. The third kappa shape index (κ3) is 2.49. The van der Waals surface area contributed by atoms with Gasteiger partial charge in [-0.25, -0.2) is 0 Å². The first kappa shape index (κ1) is 14.7. The number of nitrogens with one attached hydrogen (secondary N) is 1. The number of hydrogen-bond donors (Lipinski definition) is 1. The first-order chi connectivity index (χ1) is 10.5. The van der Waals surface area contributed by atoms with Gasteiger partial charge in [-0.3, -0.25) is 9.78 Å². The highest BCUT2D eigenvalue weighted by molar-refractivity contribution is 9.10. The summed E-state index contributed by atoms with van der Waals surface area (Å²) < 4.78 is 0.850. The van der Waals surface area contributed by atoms with Crippen molar-refractivity contribution in [1.29, 1.82) is 0 Å². The van der Waals surface area contributed by atoms with Gasteiger partial charge in [0.05, 0.1) is 5.56 Å². The first-order valence-electron chi connectivity index (χ1n) is 8.45. The maximum absolute atomic E-state index is 12.5. The molecule has 1 heterocycles. The summed E-state index contributed by atoms with van der Waals surface area (Å²) in [6.07, 6.45) is 11.6. The molecule has 4 heteroatoms. The number of halogens is 1. The average Bonchev–Trinajstić information content (AvgIpc) is 2.45. The van der Waals surface area contributed by atoms with Crippen LogP contribution in [0.2, 0.25) is 0 Å². The van der Waals surface area contributed by atoms with Crippen molar-refractivity contribution >= 4 is 21.8 Å². The molecule has 4 aliphatic rings. The number of pyridine rings is 1. The van der Waals surface area contributed by atoms with E-state index >= 15 is 0 Å². The number of aromatic nitrogens is 1. The Morgan fingerprint density at radius 3 is 2.36 bits per heavy atom. The predicted octanol–water partition coefficient (Wildman–Crippen LogP) is 4.18. The summed E-state index contributed by atoms with van der Waals surface area (Å²) in [7, 11) is 0. The summed E-state index contributed by atoms with van der Waals surface area (Å²) in [5.41, 5.74) is 0.995. The fourth-order valence-electron chi connectivity index (χ4n) is 5.68. The second-order valence-electron chi connectivity index (χ2n) is 7.87. The van der Waals surface area contributed by atoms with Gasteiger partial charge >= 0.3 is 0 Å². The van der Waals surface area contributed by atoms with Crippen molar-refractivity contribution in [3.8, 4) is 0 Å². The van der Waals surface area contributed by atoms with Gasteiger partial charge < -0.3 is 5.32 Å². The van der Waals surface area contributed by atoms with E-state index in [9.17, 15) is 4.79 Å². The number of amides is 1. The molecule has 0 saturated heterocycles. The number of carbonyl (C=O) groups is 1. The van der Waals surface area contributed by atoms with E-state index in [1.54, 1.807) is 12.4 Å². The molecular weight excluding hydrogens is 340 g/mol. The lowest BCUT2D eigenvalue weighted by molar-refractivity contribution is -0.0688. The number of hydrogen-bond acceptors (Lipinski definition) is 2. The molecule has 0 spiro atoms. The normalized spacial score (nSPS) is 37.1. The van der Waals surface area contributed by atoms with Crippen molar-refractivity contribution in [2.45, 2.75) is 51.5 Å². The molecule has 3 nitrogen and oxygen atoms in total. The van der Waals surface area contributed by atoms with E-state index in [4.69, 9.17) is 0 Å². The molecule has 1 atom stereocenters. The molecule has 4 saturated carbocycles. The highest BCUT2D eigenvalue weighted by Crippen LogP contribution is 2.61. The van der Waals surface area contributed by atoms with Crippen LogP contribution >= 0.6 is 15.9 Å². The minimum absolute atomic E-state index is 0.0112. The Bertz CT molecular complexity index is 565. The molecule has 5 rings (SSSR count). The Kier molecular flexibility index (Phi) is 3.55. The Hall–Kier alpha value is -0.900. The van der Waals surface area contributed by atoms with E-state index in [2.05, 4.69) is 33.2 Å². The van der Waals surface area contributed by atoms with Crippen molar-refractivity contribution < 1.29 is 4.79 Å². The number of carbonyl (C=O) groups excluding carboxylic acids is 1. The van der Waals surface area contributed by atoms with E-state index in [1.807, 2.05) is 6.07 Å². The van der Waals surface area contributed by atoms with Crippen molar-refractivity contribution in [2.75, 3.05) is 0 Å². The summed E-state index contributed by atoms with van der Waals surface area (Å²) >= 11 is 3.39. The van der Waals surface area contributed by atoms with Gasteiger partial charge in [-0.2, -0.15) is 0 Å². The molecule has 1 unspecified atom stereocenters. The van der Waals surface area contributed by atoms with Gasteiger partial charge in [0.25, 0.3) is 5.91 Å². The summed E-state index contributed by atoms with van der Waals surface area (Å²) in [5.74, 6) is 2.76. The predicted molar refractivity (Wildman–Crippen MR) is 89.5 cm³/mol. The molecule has 118 valence electrons. The van der Waals surface area contributed by atoms with Gasteiger partial charge in [-0.1, -0.05) is 0 Å². The van der Waals surface area contributed by atoms with Crippen LogP contribution in [0.4, 0.5) is 0 Å². The van der Waals surface area contributed by atoms with E-state index in [-0.39, 0.29) is 11.9 Å². The smallest absolute Gasteiger partial charge is 0.253 e. The fraction of sp³-hybridized carbons (Fsp3) is 0.667. The van der Waals surface area contributed by atoms with Crippen LogP contribution in [-0.4, -0.2) is 16.9 Å². The van der Waals surface area contributed by atoms with Gasteiger partial charge in [0.2, 0.25) is 0 Å². The fourth-order valence-corrected chi connectivity index (χ4v) is 6.04. The highest BCUT2D eigenvalue weighted by atomic mass is 79.9. The number of nitrogens with zero attached hydrogens (tertiary/aromatic N) is 1. The average molecular weight is 363 g/mol. The highest BCUT2D eigenvalue weighted by Gasteiger charge is 2.53. The third-order valence-corrected chi connectivity index (χ3v) is 6.75. The van der Waals surface area contributed by atoms with Crippen molar-refractivity contribution in [1.82, 2.24) is 10.3 Å². The molecule has 4 aliphatic carbocycles. The van der Waals surface area contributed by atoms with Gasteiger partial charge in [-0.05, 0) is 90.6 Å². The second-order valence-corrected chi connectivity index (χ2v) is 8.78. The molecule has 0 aromatic carbocycles. The summed E-state index contributed by atoms with van der Waals surface area (Å²) in [4.78, 5) is 16.6. The standard InChI is InChI=1S/C18H23BrN2O/c1-11(21-17(22)15-5-16(19)10-20-9-15)18-6-12-2-13(7-18)4-14(3-12)8-18/h5,9-14H,2-4,6-8H2,1H3,(H,21,22). The van der Waals surface area contributed by atoms with Crippen molar-refractivity contribution in [3.05, 3.63) is 28.5 Å². The van der Waals surface area contributed by atoms with Gasteiger partial charge in [0.15, 0.2) is 0 Å². The molecule has 22 heavy (non-hydrogen) atoms. The molecule has 1 aromatic heterocycles. The maximum Gasteiger partial charge on any atom is 0.253 e. The van der Waals surface area contributed by atoms with Gasteiger partial charge in [0.1, 0.15) is 0 Å².